The number of benzene rings is 4. The van der Waals surface area contributed by atoms with Crippen LogP contribution in [0.25, 0.3) is 0 Å². The lowest BCUT2D eigenvalue weighted by molar-refractivity contribution is 0.102. The number of rotatable bonds is 9. The van der Waals surface area contributed by atoms with Crippen LogP contribution in [0.15, 0.2) is 101 Å². The number of hydrogen-bond acceptors (Lipinski definition) is 7. The Labute approximate surface area is 253 Å². The summed E-state index contributed by atoms with van der Waals surface area (Å²) in [6, 6.07) is 20.7. The molecule has 1 aliphatic heterocycles. The molecule has 3 N–H and O–H groups in total. The Morgan fingerprint density at radius 3 is 1.88 bits per heavy atom. The minimum absolute atomic E-state index is 0.0805. The summed E-state index contributed by atoms with van der Waals surface area (Å²) in [5, 5.41) is 3.24. The lowest BCUT2D eigenvalue weighted by atomic mass is 10.2. The van der Waals surface area contributed by atoms with Crippen molar-refractivity contribution in [1.29, 1.82) is 0 Å². The van der Waals surface area contributed by atoms with Gasteiger partial charge in [0.1, 0.15) is 5.82 Å². The van der Waals surface area contributed by atoms with Crippen molar-refractivity contribution >= 4 is 60.3 Å². The van der Waals surface area contributed by atoms with Crippen molar-refractivity contribution in [3.05, 3.63) is 107 Å². The highest BCUT2D eigenvalue weighted by Gasteiger charge is 2.22. The summed E-state index contributed by atoms with van der Waals surface area (Å²) in [5.74, 6) is -1.08. The Balaban J connectivity index is 1.39. The highest BCUT2D eigenvalue weighted by molar-refractivity contribution is 7.93. The molecule has 10 nitrogen and oxygen atoms in total. The van der Waals surface area contributed by atoms with E-state index < -0.39 is 31.8 Å². The quantitative estimate of drug-likeness (QED) is 0.229. The first-order valence-corrected chi connectivity index (χ1v) is 16.3. The number of carbonyl (C=O) groups is 1. The van der Waals surface area contributed by atoms with Crippen LogP contribution in [0.2, 0.25) is 5.02 Å². The first-order chi connectivity index (χ1) is 20.5. The predicted octanol–water partition coefficient (Wildman–Crippen LogP) is 5.17. The van der Waals surface area contributed by atoms with Gasteiger partial charge in [0.2, 0.25) is 0 Å². The number of carbonyl (C=O) groups excluding carboxylic acids is 1. The van der Waals surface area contributed by atoms with Crippen molar-refractivity contribution in [2.75, 3.05) is 46.0 Å². The molecule has 224 valence electrons. The Morgan fingerprint density at radius 1 is 0.744 bits per heavy atom. The first kappa shape index (κ1) is 30.3. The molecule has 0 radical (unpaired) electrons. The lowest BCUT2D eigenvalue weighted by Gasteiger charge is -2.30. The van der Waals surface area contributed by atoms with Crippen LogP contribution in [0, 0.1) is 5.82 Å². The van der Waals surface area contributed by atoms with Crippen LogP contribution in [0.3, 0.4) is 0 Å². The monoisotopic (exact) mass is 644 g/mol. The largest absolute Gasteiger partial charge is 0.378 e. The van der Waals surface area contributed by atoms with E-state index in [1.54, 1.807) is 18.2 Å². The van der Waals surface area contributed by atoms with Gasteiger partial charge in [-0.05, 0) is 91.0 Å². The van der Waals surface area contributed by atoms with Crippen molar-refractivity contribution in [3.8, 4) is 0 Å². The third kappa shape index (κ3) is 7.43. The highest BCUT2D eigenvalue weighted by atomic mass is 35.5. The maximum Gasteiger partial charge on any atom is 0.261 e. The van der Waals surface area contributed by atoms with Gasteiger partial charge >= 0.3 is 0 Å². The van der Waals surface area contributed by atoms with E-state index in [2.05, 4.69) is 14.8 Å². The van der Waals surface area contributed by atoms with Gasteiger partial charge in [-0.3, -0.25) is 14.2 Å². The summed E-state index contributed by atoms with van der Waals surface area (Å²) in [5.41, 5.74) is 1.49. The smallest absolute Gasteiger partial charge is 0.261 e. The van der Waals surface area contributed by atoms with Crippen LogP contribution >= 0.6 is 11.6 Å². The van der Waals surface area contributed by atoms with E-state index in [4.69, 9.17) is 16.3 Å². The Kier molecular flexibility index (Phi) is 8.87. The number of morpholine rings is 1. The number of anilines is 4. The zero-order valence-electron chi connectivity index (χ0n) is 22.5. The number of nitrogens with one attached hydrogen (secondary N) is 3. The zero-order chi connectivity index (χ0) is 30.6. The third-order valence-corrected chi connectivity index (χ3v) is 9.53. The van der Waals surface area contributed by atoms with E-state index >= 15 is 0 Å². The summed E-state index contributed by atoms with van der Waals surface area (Å²) in [6.45, 7) is 2.00. The van der Waals surface area contributed by atoms with Gasteiger partial charge < -0.3 is 15.0 Å². The van der Waals surface area contributed by atoms with Gasteiger partial charge in [0.15, 0.2) is 0 Å². The van der Waals surface area contributed by atoms with E-state index in [9.17, 15) is 26.0 Å². The van der Waals surface area contributed by atoms with Gasteiger partial charge in [-0.25, -0.2) is 21.2 Å². The molecular formula is C29H26ClFN4O6S2. The number of nitrogens with zero attached hydrogens (tertiary/aromatic N) is 1. The fourth-order valence-electron chi connectivity index (χ4n) is 4.31. The van der Waals surface area contributed by atoms with Gasteiger partial charge in [-0.1, -0.05) is 11.6 Å². The molecule has 0 bridgehead atoms. The standard InChI is InChI=1S/C29H26ClFN4O6S2/c30-21-3-7-23(8-4-21)34-43(39,40)26-13-14-28(35-15-17-41-18-16-35)27(19-26)32-29(36)20-1-11-25(12-2-20)42(37,38)33-24-9-5-22(31)6-10-24/h1-14,19,33-34H,15-18H2,(H,32,36). The molecule has 1 fully saturated rings. The molecule has 0 aliphatic carbocycles. The molecule has 0 aromatic heterocycles. The Morgan fingerprint density at radius 2 is 1.28 bits per heavy atom. The molecular weight excluding hydrogens is 619 g/mol. The minimum Gasteiger partial charge on any atom is -0.378 e. The van der Waals surface area contributed by atoms with Crippen LogP contribution in [0.4, 0.5) is 27.1 Å². The molecule has 0 spiro atoms. The van der Waals surface area contributed by atoms with Crippen LogP contribution in [0.1, 0.15) is 10.4 Å². The number of halogens is 2. The van der Waals surface area contributed by atoms with E-state index in [1.165, 1.54) is 60.7 Å². The number of sulfonamides is 2. The fourth-order valence-corrected chi connectivity index (χ4v) is 6.58. The average molecular weight is 645 g/mol. The minimum atomic E-state index is -4.03. The number of hydrogen-bond donors (Lipinski definition) is 3. The number of amides is 1. The maximum atomic E-state index is 13.3. The second kappa shape index (κ2) is 12.6. The second-order valence-corrected chi connectivity index (χ2v) is 13.3. The molecule has 0 unspecified atom stereocenters. The summed E-state index contributed by atoms with van der Waals surface area (Å²) in [6.07, 6.45) is 0. The first-order valence-electron chi connectivity index (χ1n) is 13.0. The molecule has 5 rings (SSSR count). The van der Waals surface area contributed by atoms with Crippen molar-refractivity contribution < 1.29 is 30.8 Å². The number of ether oxygens (including phenoxy) is 1. The Bertz CT molecular complexity index is 1830. The molecule has 1 heterocycles. The van der Waals surface area contributed by atoms with Crippen molar-refractivity contribution in [2.45, 2.75) is 9.79 Å². The van der Waals surface area contributed by atoms with Crippen molar-refractivity contribution in [2.24, 2.45) is 0 Å². The van der Waals surface area contributed by atoms with Gasteiger partial charge in [-0.15, -0.1) is 0 Å². The molecule has 4 aromatic rings. The molecule has 0 saturated carbocycles. The average Bonchev–Trinajstić information content (AvgIpc) is 3.00. The van der Waals surface area contributed by atoms with Gasteiger partial charge in [0, 0.05) is 35.1 Å². The topological polar surface area (TPSA) is 134 Å². The fraction of sp³-hybridized carbons (Fsp3) is 0.138. The van der Waals surface area contributed by atoms with Crippen molar-refractivity contribution in [1.82, 2.24) is 0 Å². The summed E-state index contributed by atoms with van der Waals surface area (Å²) in [7, 11) is -8.03. The van der Waals surface area contributed by atoms with Gasteiger partial charge in [-0.2, -0.15) is 0 Å². The molecule has 43 heavy (non-hydrogen) atoms. The summed E-state index contributed by atoms with van der Waals surface area (Å²) >= 11 is 5.90. The SMILES string of the molecule is O=C(Nc1cc(S(=O)(=O)Nc2ccc(Cl)cc2)ccc1N1CCOCC1)c1ccc(S(=O)(=O)Nc2ccc(F)cc2)cc1. The molecule has 1 aliphatic rings. The van der Waals surface area contributed by atoms with Gasteiger partial charge in [0.05, 0.1) is 34.4 Å². The highest BCUT2D eigenvalue weighted by Crippen LogP contribution is 2.31. The Hall–Kier alpha value is -4.17. The van der Waals surface area contributed by atoms with Gasteiger partial charge in [0.25, 0.3) is 26.0 Å². The molecule has 1 amide bonds. The van der Waals surface area contributed by atoms with Crippen LogP contribution in [0.5, 0.6) is 0 Å². The van der Waals surface area contributed by atoms with Crippen LogP contribution < -0.4 is 19.7 Å². The van der Waals surface area contributed by atoms with E-state index in [0.29, 0.717) is 42.7 Å². The summed E-state index contributed by atoms with van der Waals surface area (Å²) < 4.78 is 75.4. The maximum absolute atomic E-state index is 13.3. The third-order valence-electron chi connectivity index (χ3n) is 6.50. The molecule has 1 saturated heterocycles. The normalized spacial score (nSPS) is 13.8. The molecule has 0 atom stereocenters. The predicted molar refractivity (Wildman–Crippen MR) is 163 cm³/mol. The lowest BCUT2D eigenvalue weighted by Crippen LogP contribution is -2.36. The second-order valence-electron chi connectivity index (χ2n) is 9.48. The zero-order valence-corrected chi connectivity index (χ0v) is 24.8. The van der Waals surface area contributed by atoms with E-state index in [-0.39, 0.29) is 26.7 Å². The van der Waals surface area contributed by atoms with E-state index in [1.807, 2.05) is 4.90 Å². The van der Waals surface area contributed by atoms with Crippen molar-refractivity contribution in [3.63, 3.8) is 0 Å². The molecule has 14 heteroatoms. The molecule has 4 aromatic carbocycles. The van der Waals surface area contributed by atoms with Crippen LogP contribution in [-0.4, -0.2) is 49.0 Å². The van der Waals surface area contributed by atoms with E-state index in [0.717, 1.165) is 12.1 Å². The summed E-state index contributed by atoms with van der Waals surface area (Å²) in [4.78, 5) is 15.1. The van der Waals surface area contributed by atoms with Crippen LogP contribution in [-0.2, 0) is 24.8 Å².